The molecule has 0 saturated heterocycles. The predicted octanol–water partition coefficient (Wildman–Crippen LogP) is 3.03. The van der Waals surface area contributed by atoms with Crippen molar-refractivity contribution in [1.29, 1.82) is 0 Å². The average molecular weight is 399 g/mol. The van der Waals surface area contributed by atoms with Crippen LogP contribution in [0.15, 0.2) is 12.1 Å². The van der Waals surface area contributed by atoms with Crippen LogP contribution >= 0.6 is 0 Å². The maximum atomic E-state index is 12.5. The van der Waals surface area contributed by atoms with Gasteiger partial charge in [0.2, 0.25) is 12.5 Å². The number of fused-ring (bicyclic) bond motifs is 4. The molecular weight excluding hydrogens is 378 g/mol. The van der Waals surface area contributed by atoms with Crippen LogP contribution < -0.4 is 18.9 Å². The van der Waals surface area contributed by atoms with Crippen molar-refractivity contribution in [2.45, 2.75) is 18.9 Å². The molecule has 1 amide bonds. The third-order valence-electron chi connectivity index (χ3n) is 5.93. The van der Waals surface area contributed by atoms with Gasteiger partial charge in [0.1, 0.15) is 0 Å². The molecule has 2 aromatic carbocycles. The van der Waals surface area contributed by atoms with Crippen molar-refractivity contribution in [3.8, 4) is 39.9 Å². The Kier molecular flexibility index (Phi) is 3.90. The number of carbonyl (C=O) groups excluding carboxylic acids is 1. The average Bonchev–Trinajstić information content (AvgIpc) is 3.22. The Morgan fingerprint density at radius 3 is 2.69 bits per heavy atom. The molecule has 2 heterocycles. The van der Waals surface area contributed by atoms with Gasteiger partial charge >= 0.3 is 6.09 Å². The molecule has 3 aliphatic rings. The molecule has 29 heavy (non-hydrogen) atoms. The Morgan fingerprint density at radius 1 is 1.17 bits per heavy atom. The number of carbonyl (C=O) groups is 1. The minimum atomic E-state index is -0.385. The second-order valence-electron chi connectivity index (χ2n) is 7.18. The zero-order chi connectivity index (χ0) is 20.3. The minimum absolute atomic E-state index is 0.0534. The van der Waals surface area contributed by atoms with E-state index in [-0.39, 0.29) is 24.7 Å². The van der Waals surface area contributed by atoms with E-state index in [1.807, 2.05) is 6.07 Å². The van der Waals surface area contributed by atoms with Gasteiger partial charge in [-0.05, 0) is 41.7 Å². The Bertz CT molecular complexity index is 1030. The highest BCUT2D eigenvalue weighted by atomic mass is 16.7. The lowest BCUT2D eigenvalue weighted by Crippen LogP contribution is -2.42. The Hall–Kier alpha value is -3.29. The second-order valence-corrected chi connectivity index (χ2v) is 7.18. The number of hydrogen-bond donors (Lipinski definition) is 1. The summed E-state index contributed by atoms with van der Waals surface area (Å²) in [6.07, 6.45) is 0.757. The standard InChI is InChI=1S/C21H21NO7/c1-25-15-8-12-10(7-14(15)23)6-13-16-11(4-5-22(13)21(24)27-3)18(26-2)20-19(17(12)16)28-9-29-20/h7-8,13,23H,4-6,9H2,1-3H3/t13-/m0/s1. The Labute approximate surface area is 167 Å². The quantitative estimate of drug-likeness (QED) is 0.831. The Balaban J connectivity index is 1.84. The van der Waals surface area contributed by atoms with E-state index < -0.39 is 0 Å². The van der Waals surface area contributed by atoms with E-state index in [2.05, 4.69) is 0 Å². The number of methoxy groups -OCH3 is 3. The number of ether oxygens (including phenoxy) is 5. The van der Waals surface area contributed by atoms with E-state index >= 15 is 0 Å². The van der Waals surface area contributed by atoms with Crippen LogP contribution in [0.4, 0.5) is 4.79 Å². The van der Waals surface area contributed by atoms with Gasteiger partial charge in [-0.1, -0.05) is 0 Å². The molecule has 5 rings (SSSR count). The van der Waals surface area contributed by atoms with Crippen molar-refractivity contribution in [3.63, 3.8) is 0 Å². The first-order valence-electron chi connectivity index (χ1n) is 9.36. The first-order valence-corrected chi connectivity index (χ1v) is 9.36. The topological polar surface area (TPSA) is 86.7 Å². The van der Waals surface area contributed by atoms with Crippen LogP contribution in [-0.2, 0) is 17.6 Å². The van der Waals surface area contributed by atoms with Crippen molar-refractivity contribution in [2.24, 2.45) is 0 Å². The van der Waals surface area contributed by atoms with Gasteiger partial charge in [0.15, 0.2) is 23.0 Å². The van der Waals surface area contributed by atoms with Crippen LogP contribution in [0.5, 0.6) is 28.7 Å². The molecule has 1 N–H and O–H groups in total. The molecule has 8 nitrogen and oxygen atoms in total. The molecule has 152 valence electrons. The highest BCUT2D eigenvalue weighted by Gasteiger charge is 2.43. The van der Waals surface area contributed by atoms with Crippen molar-refractivity contribution < 1.29 is 33.6 Å². The van der Waals surface area contributed by atoms with Gasteiger partial charge in [0.25, 0.3) is 0 Å². The lowest BCUT2D eigenvalue weighted by Gasteiger charge is -2.41. The number of hydrogen-bond acceptors (Lipinski definition) is 7. The van der Waals surface area contributed by atoms with Crippen molar-refractivity contribution in [1.82, 2.24) is 4.90 Å². The summed E-state index contributed by atoms with van der Waals surface area (Å²) in [7, 11) is 4.51. The second kappa shape index (κ2) is 6.37. The molecule has 0 bridgehead atoms. The first-order chi connectivity index (χ1) is 14.1. The van der Waals surface area contributed by atoms with Crippen LogP contribution in [0.2, 0.25) is 0 Å². The maximum Gasteiger partial charge on any atom is 0.410 e. The lowest BCUT2D eigenvalue weighted by atomic mass is 9.76. The summed E-state index contributed by atoms with van der Waals surface area (Å²) >= 11 is 0. The number of aromatic hydroxyl groups is 1. The van der Waals surface area contributed by atoms with Crippen molar-refractivity contribution in [2.75, 3.05) is 34.7 Å². The molecule has 2 aliphatic heterocycles. The molecule has 0 saturated carbocycles. The number of nitrogens with zero attached hydrogens (tertiary/aromatic N) is 1. The number of rotatable bonds is 2. The molecular formula is C21H21NO7. The third-order valence-corrected chi connectivity index (χ3v) is 5.93. The number of phenols is 1. The van der Waals surface area contributed by atoms with E-state index in [4.69, 9.17) is 23.7 Å². The smallest absolute Gasteiger partial charge is 0.410 e. The summed E-state index contributed by atoms with van der Waals surface area (Å²) in [4.78, 5) is 14.2. The Morgan fingerprint density at radius 2 is 1.97 bits per heavy atom. The van der Waals surface area contributed by atoms with E-state index in [0.717, 1.165) is 27.8 Å². The van der Waals surface area contributed by atoms with E-state index in [0.29, 0.717) is 42.4 Å². The summed E-state index contributed by atoms with van der Waals surface area (Å²) in [5.41, 5.74) is 4.62. The summed E-state index contributed by atoms with van der Waals surface area (Å²) in [6.45, 7) is 0.592. The van der Waals surface area contributed by atoms with Crippen molar-refractivity contribution in [3.05, 3.63) is 28.8 Å². The molecule has 0 fully saturated rings. The van der Waals surface area contributed by atoms with Crippen LogP contribution in [0.1, 0.15) is 22.7 Å². The van der Waals surface area contributed by atoms with Gasteiger partial charge in [-0.15, -0.1) is 0 Å². The first kappa shape index (κ1) is 17.8. The van der Waals surface area contributed by atoms with E-state index in [1.54, 1.807) is 18.1 Å². The van der Waals surface area contributed by atoms with Gasteiger partial charge < -0.3 is 33.7 Å². The molecule has 1 atom stereocenters. The fourth-order valence-corrected chi connectivity index (χ4v) is 4.74. The van der Waals surface area contributed by atoms with Crippen LogP contribution in [0, 0.1) is 0 Å². The summed E-state index contributed by atoms with van der Waals surface area (Å²) < 4.78 is 27.7. The zero-order valence-electron chi connectivity index (χ0n) is 16.4. The molecule has 0 spiro atoms. The van der Waals surface area contributed by atoms with Gasteiger partial charge in [0, 0.05) is 17.7 Å². The van der Waals surface area contributed by atoms with E-state index in [1.165, 1.54) is 14.2 Å². The monoisotopic (exact) mass is 399 g/mol. The van der Waals surface area contributed by atoms with Gasteiger partial charge in [-0.3, -0.25) is 0 Å². The van der Waals surface area contributed by atoms with Crippen LogP contribution in [-0.4, -0.2) is 50.8 Å². The molecule has 0 radical (unpaired) electrons. The molecule has 2 aromatic rings. The predicted molar refractivity (Wildman–Crippen MR) is 102 cm³/mol. The third kappa shape index (κ3) is 2.35. The number of amides is 1. The molecule has 0 unspecified atom stereocenters. The molecule has 1 aliphatic carbocycles. The summed E-state index contributed by atoms with van der Waals surface area (Å²) in [6, 6.07) is 3.24. The summed E-state index contributed by atoms with van der Waals surface area (Å²) in [5.74, 6) is 2.25. The number of phenolic OH excluding ortho intramolecular Hbond substituents is 1. The zero-order valence-corrected chi connectivity index (χ0v) is 16.4. The van der Waals surface area contributed by atoms with Gasteiger partial charge in [-0.2, -0.15) is 0 Å². The fourth-order valence-electron chi connectivity index (χ4n) is 4.74. The lowest BCUT2D eigenvalue weighted by molar-refractivity contribution is 0.0999. The highest BCUT2D eigenvalue weighted by molar-refractivity contribution is 5.88. The van der Waals surface area contributed by atoms with Crippen LogP contribution in [0.25, 0.3) is 11.1 Å². The normalized spacial score (nSPS) is 18.0. The van der Waals surface area contributed by atoms with Crippen LogP contribution in [0.3, 0.4) is 0 Å². The molecule has 0 aromatic heterocycles. The number of benzene rings is 2. The fraction of sp³-hybridized carbons (Fsp3) is 0.381. The highest BCUT2D eigenvalue weighted by Crippen LogP contribution is 2.59. The maximum absolute atomic E-state index is 12.5. The largest absolute Gasteiger partial charge is 0.504 e. The molecule has 8 heteroatoms. The minimum Gasteiger partial charge on any atom is -0.504 e. The SMILES string of the molecule is COC(=O)N1CCc2c(OC)c3c(c4c2[C@@H]1Cc1cc(O)c(OC)cc1-4)OCO3. The van der Waals surface area contributed by atoms with E-state index in [9.17, 15) is 9.90 Å². The van der Waals surface area contributed by atoms with Crippen molar-refractivity contribution >= 4 is 6.09 Å². The summed E-state index contributed by atoms with van der Waals surface area (Å²) in [5, 5.41) is 10.3. The van der Waals surface area contributed by atoms with Gasteiger partial charge in [0.05, 0.1) is 27.4 Å². The van der Waals surface area contributed by atoms with Gasteiger partial charge in [-0.25, -0.2) is 4.79 Å².